The summed E-state index contributed by atoms with van der Waals surface area (Å²) < 4.78 is 0. The van der Waals surface area contributed by atoms with Gasteiger partial charge in [-0.2, -0.15) is 0 Å². The fraction of sp³-hybridized carbons (Fsp3) is 0.706. The molecule has 21 heavy (non-hydrogen) atoms. The number of carbonyl (C=O) groups is 1. The number of aromatic nitrogens is 2. The summed E-state index contributed by atoms with van der Waals surface area (Å²) in [6, 6.07) is 0. The summed E-state index contributed by atoms with van der Waals surface area (Å²) in [4.78, 5) is 23.8. The Morgan fingerprint density at radius 3 is 2.67 bits per heavy atom. The number of nitrogens with zero attached hydrogens (tertiary/aromatic N) is 3. The van der Waals surface area contributed by atoms with Gasteiger partial charge < -0.3 is 4.90 Å². The second-order valence-corrected chi connectivity index (χ2v) is 8.08. The van der Waals surface area contributed by atoms with Gasteiger partial charge in [-0.25, -0.2) is 9.97 Å². The van der Waals surface area contributed by atoms with Gasteiger partial charge in [-0.3, -0.25) is 4.79 Å². The third-order valence-corrected chi connectivity index (χ3v) is 5.48. The first kappa shape index (κ1) is 13.2. The maximum Gasteiger partial charge on any atom is 0.226 e. The molecule has 112 valence electrons. The molecule has 1 amide bonds. The predicted molar refractivity (Wildman–Crippen MR) is 79.4 cm³/mol. The molecule has 0 N–H and O–H groups in total. The Morgan fingerprint density at radius 1 is 1.33 bits per heavy atom. The molecule has 0 saturated heterocycles. The van der Waals surface area contributed by atoms with Gasteiger partial charge in [0.15, 0.2) is 0 Å². The van der Waals surface area contributed by atoms with Gasteiger partial charge in [-0.1, -0.05) is 27.2 Å². The minimum Gasteiger partial charge on any atom is -0.332 e. The zero-order chi connectivity index (χ0) is 14.8. The van der Waals surface area contributed by atoms with E-state index in [0.717, 1.165) is 23.5 Å². The van der Waals surface area contributed by atoms with Gasteiger partial charge in [-0.05, 0) is 24.7 Å². The highest BCUT2D eigenvalue weighted by Gasteiger charge is 2.61. The molecule has 1 aliphatic heterocycles. The topological polar surface area (TPSA) is 46.1 Å². The van der Waals surface area contributed by atoms with Crippen LogP contribution in [0, 0.1) is 11.3 Å². The van der Waals surface area contributed by atoms with Crippen molar-refractivity contribution < 1.29 is 4.79 Å². The highest BCUT2D eigenvalue weighted by atomic mass is 16.2. The average molecular weight is 285 g/mol. The number of hydrogen-bond acceptors (Lipinski definition) is 3. The molecule has 0 radical (unpaired) electrons. The highest BCUT2D eigenvalue weighted by molar-refractivity contribution is 5.83. The molecule has 4 heteroatoms. The molecular weight excluding hydrogens is 262 g/mol. The second-order valence-electron chi connectivity index (χ2n) is 8.08. The lowest BCUT2D eigenvalue weighted by atomic mass is 9.79. The molecule has 0 unspecified atom stereocenters. The summed E-state index contributed by atoms with van der Waals surface area (Å²) >= 11 is 0. The summed E-state index contributed by atoms with van der Waals surface area (Å²) in [5.74, 6) is 1.53. The standard InChI is InChI=1S/C17H23N3O/c1-16(2,3)15-18-8-11-9-20(10-13(11)19-15)14(21)12-7-17(12)5-4-6-17/h8,12H,4-7,9-10H2,1-3H3/t12-/m0/s1. The normalized spacial score (nSPS) is 25.7. The molecule has 2 heterocycles. The first-order valence-corrected chi connectivity index (χ1v) is 8.03. The average Bonchev–Trinajstić information content (AvgIpc) is 3.01. The third-order valence-electron chi connectivity index (χ3n) is 5.48. The number of rotatable bonds is 1. The smallest absolute Gasteiger partial charge is 0.226 e. The van der Waals surface area contributed by atoms with E-state index in [-0.39, 0.29) is 5.41 Å². The van der Waals surface area contributed by atoms with Crippen LogP contribution < -0.4 is 0 Å². The van der Waals surface area contributed by atoms with Crippen LogP contribution in [-0.4, -0.2) is 20.8 Å². The molecule has 1 spiro atoms. The minimum absolute atomic E-state index is 0.0427. The van der Waals surface area contributed by atoms with Crippen LogP contribution in [0.3, 0.4) is 0 Å². The molecule has 1 atom stereocenters. The van der Waals surface area contributed by atoms with Crippen LogP contribution in [-0.2, 0) is 23.3 Å². The van der Waals surface area contributed by atoms with Crippen molar-refractivity contribution in [3.05, 3.63) is 23.3 Å². The van der Waals surface area contributed by atoms with E-state index in [1.807, 2.05) is 11.1 Å². The minimum atomic E-state index is -0.0427. The van der Waals surface area contributed by atoms with Crippen LogP contribution in [0.1, 0.15) is 63.5 Å². The van der Waals surface area contributed by atoms with Gasteiger partial charge in [-0.15, -0.1) is 0 Å². The van der Waals surface area contributed by atoms with E-state index in [0.29, 0.717) is 30.3 Å². The van der Waals surface area contributed by atoms with Crippen LogP contribution in [0.25, 0.3) is 0 Å². The zero-order valence-corrected chi connectivity index (χ0v) is 13.1. The second kappa shape index (κ2) is 4.05. The monoisotopic (exact) mass is 285 g/mol. The molecule has 3 aliphatic rings. The van der Waals surface area contributed by atoms with Crippen molar-refractivity contribution in [2.75, 3.05) is 0 Å². The summed E-state index contributed by atoms with van der Waals surface area (Å²) in [5, 5.41) is 0. The van der Waals surface area contributed by atoms with Crippen LogP contribution in [0.15, 0.2) is 6.20 Å². The molecule has 2 aliphatic carbocycles. The Hall–Kier alpha value is -1.45. The van der Waals surface area contributed by atoms with E-state index >= 15 is 0 Å². The Bertz CT molecular complexity index is 613. The van der Waals surface area contributed by atoms with Gasteiger partial charge in [0.05, 0.1) is 12.2 Å². The van der Waals surface area contributed by atoms with Crippen LogP contribution in [0.2, 0.25) is 0 Å². The van der Waals surface area contributed by atoms with Gasteiger partial charge in [0.25, 0.3) is 0 Å². The third kappa shape index (κ3) is 1.99. The predicted octanol–water partition coefficient (Wildman–Crippen LogP) is 2.81. The fourth-order valence-electron chi connectivity index (χ4n) is 3.77. The molecule has 4 nitrogen and oxygen atoms in total. The van der Waals surface area contributed by atoms with E-state index in [4.69, 9.17) is 4.98 Å². The summed E-state index contributed by atoms with van der Waals surface area (Å²) in [5.41, 5.74) is 2.54. The number of hydrogen-bond donors (Lipinski definition) is 0. The first-order valence-electron chi connectivity index (χ1n) is 8.03. The van der Waals surface area contributed by atoms with Gasteiger partial charge >= 0.3 is 0 Å². The van der Waals surface area contributed by atoms with Crippen LogP contribution >= 0.6 is 0 Å². The zero-order valence-electron chi connectivity index (χ0n) is 13.1. The van der Waals surface area contributed by atoms with E-state index in [9.17, 15) is 4.79 Å². The van der Waals surface area contributed by atoms with E-state index < -0.39 is 0 Å². The Morgan fingerprint density at radius 2 is 2.10 bits per heavy atom. The SMILES string of the molecule is CC(C)(C)c1ncc2c(n1)CN(C(=O)[C@@H]1CC13CCC3)C2. The molecule has 2 saturated carbocycles. The lowest BCUT2D eigenvalue weighted by Crippen LogP contribution is -2.30. The summed E-state index contributed by atoms with van der Waals surface area (Å²) in [6.45, 7) is 7.74. The van der Waals surface area contributed by atoms with Crippen molar-refractivity contribution >= 4 is 5.91 Å². The summed E-state index contributed by atoms with van der Waals surface area (Å²) in [6.07, 6.45) is 6.88. The van der Waals surface area contributed by atoms with Gasteiger partial charge in [0.2, 0.25) is 5.91 Å². The van der Waals surface area contributed by atoms with Crippen molar-refractivity contribution in [1.29, 1.82) is 0 Å². The molecule has 0 bridgehead atoms. The first-order chi connectivity index (χ1) is 9.89. The largest absolute Gasteiger partial charge is 0.332 e. The summed E-state index contributed by atoms with van der Waals surface area (Å²) in [7, 11) is 0. The van der Waals surface area contributed by atoms with E-state index in [1.54, 1.807) is 0 Å². The fourth-order valence-corrected chi connectivity index (χ4v) is 3.77. The van der Waals surface area contributed by atoms with Gasteiger partial charge in [0, 0.05) is 29.6 Å². The Kier molecular flexibility index (Phi) is 2.55. The number of fused-ring (bicyclic) bond motifs is 1. The van der Waals surface area contributed by atoms with Crippen molar-refractivity contribution in [2.24, 2.45) is 11.3 Å². The lowest BCUT2D eigenvalue weighted by Gasteiger charge is -2.27. The quantitative estimate of drug-likeness (QED) is 0.797. The van der Waals surface area contributed by atoms with E-state index in [2.05, 4.69) is 25.8 Å². The molecular formula is C17H23N3O. The van der Waals surface area contributed by atoms with Crippen molar-refractivity contribution in [1.82, 2.24) is 14.9 Å². The lowest BCUT2D eigenvalue weighted by molar-refractivity contribution is -0.134. The molecule has 0 aromatic carbocycles. The molecule has 1 aromatic rings. The van der Waals surface area contributed by atoms with E-state index in [1.165, 1.54) is 19.3 Å². The van der Waals surface area contributed by atoms with Crippen molar-refractivity contribution in [3.63, 3.8) is 0 Å². The number of amides is 1. The van der Waals surface area contributed by atoms with Crippen molar-refractivity contribution in [3.8, 4) is 0 Å². The molecule has 2 fully saturated rings. The Labute approximate surface area is 126 Å². The number of carbonyl (C=O) groups excluding carboxylic acids is 1. The maximum absolute atomic E-state index is 12.6. The maximum atomic E-state index is 12.6. The van der Waals surface area contributed by atoms with Crippen LogP contribution in [0.5, 0.6) is 0 Å². The Balaban J connectivity index is 1.50. The molecule has 4 rings (SSSR count). The van der Waals surface area contributed by atoms with Crippen LogP contribution in [0.4, 0.5) is 0 Å². The highest BCUT2D eigenvalue weighted by Crippen LogP contribution is 2.66. The van der Waals surface area contributed by atoms with Gasteiger partial charge in [0.1, 0.15) is 5.82 Å². The van der Waals surface area contributed by atoms with Crippen molar-refractivity contribution in [2.45, 2.75) is 65.0 Å². The molecule has 1 aromatic heterocycles.